The molecule has 1 unspecified atom stereocenters. The first-order chi connectivity index (χ1) is 15.4. The van der Waals surface area contributed by atoms with Crippen molar-refractivity contribution in [3.05, 3.63) is 41.2 Å². The molecule has 0 aromatic carbocycles. The summed E-state index contributed by atoms with van der Waals surface area (Å²) >= 11 is 6.03. The van der Waals surface area contributed by atoms with Gasteiger partial charge in [-0.3, -0.25) is 4.79 Å². The van der Waals surface area contributed by atoms with Gasteiger partial charge < -0.3 is 15.0 Å². The predicted octanol–water partition coefficient (Wildman–Crippen LogP) is 6.34. The van der Waals surface area contributed by atoms with Crippen molar-refractivity contribution in [1.82, 2.24) is 9.97 Å². The molecule has 0 spiro atoms. The molecule has 1 fully saturated rings. The minimum absolute atomic E-state index is 0.00374. The van der Waals surface area contributed by atoms with Gasteiger partial charge in [0.05, 0.1) is 24.2 Å². The molecule has 32 heavy (non-hydrogen) atoms. The van der Waals surface area contributed by atoms with Gasteiger partial charge in [0.2, 0.25) is 0 Å². The molecule has 3 rings (SSSR count). The molecule has 1 aliphatic rings. The van der Waals surface area contributed by atoms with E-state index in [4.69, 9.17) is 21.3 Å². The second-order valence-corrected chi connectivity index (χ2v) is 9.58. The number of methoxy groups -OCH3 is 1. The van der Waals surface area contributed by atoms with E-state index in [-0.39, 0.29) is 11.9 Å². The summed E-state index contributed by atoms with van der Waals surface area (Å²) in [6, 6.07) is 6.27. The van der Waals surface area contributed by atoms with Gasteiger partial charge in [0, 0.05) is 25.0 Å². The van der Waals surface area contributed by atoms with Crippen LogP contribution in [0.4, 0.5) is 17.3 Å². The number of hydrogen-bond acceptors (Lipinski definition) is 6. The molecule has 2 heterocycles. The van der Waals surface area contributed by atoms with E-state index in [9.17, 15) is 4.79 Å². The first-order valence-electron chi connectivity index (χ1n) is 11.6. The maximum absolute atomic E-state index is 11.8. The highest BCUT2D eigenvalue weighted by Crippen LogP contribution is 2.35. The number of carbonyl (C=O) groups is 1. The van der Waals surface area contributed by atoms with Crippen LogP contribution < -0.4 is 10.2 Å². The summed E-state index contributed by atoms with van der Waals surface area (Å²) in [6.07, 6.45) is 10.1. The van der Waals surface area contributed by atoms with Crippen molar-refractivity contribution >= 4 is 34.9 Å². The van der Waals surface area contributed by atoms with Crippen LogP contribution in [0.3, 0.4) is 0 Å². The van der Waals surface area contributed by atoms with Gasteiger partial charge in [-0.1, -0.05) is 51.6 Å². The van der Waals surface area contributed by atoms with Gasteiger partial charge in [-0.25, -0.2) is 9.97 Å². The summed E-state index contributed by atoms with van der Waals surface area (Å²) < 4.78 is 4.86. The van der Waals surface area contributed by atoms with Gasteiger partial charge in [0.25, 0.3) is 0 Å². The lowest BCUT2D eigenvalue weighted by molar-refractivity contribution is -0.140. The fraction of sp³-hybridized carbons (Fsp3) is 0.560. The van der Waals surface area contributed by atoms with Crippen molar-refractivity contribution in [2.45, 2.75) is 71.3 Å². The second-order valence-electron chi connectivity index (χ2n) is 9.15. The van der Waals surface area contributed by atoms with E-state index < -0.39 is 0 Å². The molecule has 0 aliphatic heterocycles. The lowest BCUT2D eigenvalue weighted by Crippen LogP contribution is -2.40. The molecule has 2 aromatic rings. The Bertz CT molecular complexity index is 882. The molecule has 2 aromatic heterocycles. The van der Waals surface area contributed by atoms with Crippen molar-refractivity contribution in [2.75, 3.05) is 23.9 Å². The Kier molecular flexibility index (Phi) is 8.74. The molecular formula is C25H35ClN4O2. The van der Waals surface area contributed by atoms with Crippen molar-refractivity contribution in [3.63, 3.8) is 0 Å². The molecule has 0 saturated heterocycles. The van der Waals surface area contributed by atoms with Gasteiger partial charge >= 0.3 is 5.97 Å². The zero-order valence-electron chi connectivity index (χ0n) is 19.6. The molecule has 1 aliphatic carbocycles. The number of ether oxygens (including phenoxy) is 1. The molecule has 1 atom stereocenters. The van der Waals surface area contributed by atoms with Gasteiger partial charge in [-0.15, -0.1) is 0 Å². The number of nitrogens with one attached hydrogen (secondary N) is 1. The Morgan fingerprint density at radius 2 is 1.94 bits per heavy atom. The molecular weight excluding hydrogens is 424 g/mol. The predicted molar refractivity (Wildman–Crippen MR) is 131 cm³/mol. The van der Waals surface area contributed by atoms with Gasteiger partial charge in [-0.2, -0.15) is 0 Å². The number of carbonyl (C=O) groups excluding carboxylic acids is 1. The van der Waals surface area contributed by atoms with E-state index in [1.165, 1.54) is 39.2 Å². The highest BCUT2D eigenvalue weighted by atomic mass is 35.5. The quantitative estimate of drug-likeness (QED) is 0.442. The van der Waals surface area contributed by atoms with E-state index >= 15 is 0 Å². The number of halogens is 1. The van der Waals surface area contributed by atoms with E-state index in [0.717, 1.165) is 23.6 Å². The number of rotatable bonds is 9. The molecule has 1 saturated carbocycles. The molecule has 0 bridgehead atoms. The zero-order chi connectivity index (χ0) is 23.1. The second kappa shape index (κ2) is 11.5. The van der Waals surface area contributed by atoms with Crippen LogP contribution >= 0.6 is 11.6 Å². The first kappa shape index (κ1) is 24.3. The maximum atomic E-state index is 11.8. The molecule has 7 heteroatoms. The smallest absolute Gasteiger partial charge is 0.306 e. The van der Waals surface area contributed by atoms with Gasteiger partial charge in [0.15, 0.2) is 5.82 Å². The maximum Gasteiger partial charge on any atom is 0.306 e. The minimum Gasteiger partial charge on any atom is -0.469 e. The summed E-state index contributed by atoms with van der Waals surface area (Å²) in [5.74, 6) is 1.94. The number of pyridine rings is 2. The Balaban J connectivity index is 1.99. The number of esters is 1. The third-order valence-corrected chi connectivity index (χ3v) is 6.22. The average molecular weight is 459 g/mol. The molecule has 174 valence electrons. The van der Waals surface area contributed by atoms with E-state index in [0.29, 0.717) is 29.2 Å². The number of anilines is 3. The zero-order valence-corrected chi connectivity index (χ0v) is 20.4. The molecule has 0 amide bonds. The summed E-state index contributed by atoms with van der Waals surface area (Å²) in [5.41, 5.74) is 1.89. The lowest BCUT2D eigenvalue weighted by Gasteiger charge is -2.37. The Labute approximate surface area is 196 Å². The van der Waals surface area contributed by atoms with Crippen molar-refractivity contribution < 1.29 is 9.53 Å². The van der Waals surface area contributed by atoms with E-state index in [2.05, 4.69) is 35.1 Å². The van der Waals surface area contributed by atoms with Crippen LogP contribution in [0.15, 0.2) is 30.6 Å². The third kappa shape index (κ3) is 6.58. The minimum atomic E-state index is -0.223. The third-order valence-electron chi connectivity index (χ3n) is 6.00. The molecule has 0 radical (unpaired) electrons. The topological polar surface area (TPSA) is 67.3 Å². The van der Waals surface area contributed by atoms with Gasteiger partial charge in [0.1, 0.15) is 5.82 Å². The van der Waals surface area contributed by atoms with Crippen LogP contribution in [0.2, 0.25) is 5.02 Å². The van der Waals surface area contributed by atoms with E-state index in [1.54, 1.807) is 6.20 Å². The highest BCUT2D eigenvalue weighted by Gasteiger charge is 2.26. The fourth-order valence-corrected chi connectivity index (χ4v) is 4.41. The Hall–Kier alpha value is -2.34. The number of nitrogens with zero attached hydrogens (tertiary/aromatic N) is 3. The average Bonchev–Trinajstić information content (AvgIpc) is 2.79. The Morgan fingerprint density at radius 3 is 2.56 bits per heavy atom. The lowest BCUT2D eigenvalue weighted by atomic mass is 9.93. The standard InChI is InChI=1S/C25H35ClN4O2/c1-17(2)16-30(21-8-6-5-7-9-21)25-22(29-23-11-10-20(26)15-27-23)13-19(14-28-25)18(3)12-24(31)32-4/h10-11,13-15,17-18,21H,5-9,12,16H2,1-4H3,(H,27,29). The Morgan fingerprint density at radius 1 is 1.19 bits per heavy atom. The highest BCUT2D eigenvalue weighted by molar-refractivity contribution is 6.30. The van der Waals surface area contributed by atoms with E-state index in [1.807, 2.05) is 25.3 Å². The van der Waals surface area contributed by atoms with Crippen molar-refractivity contribution in [2.24, 2.45) is 5.92 Å². The molecule has 6 nitrogen and oxygen atoms in total. The molecule has 1 N–H and O–H groups in total. The monoisotopic (exact) mass is 458 g/mol. The fourth-order valence-electron chi connectivity index (χ4n) is 4.30. The van der Waals surface area contributed by atoms with Crippen LogP contribution in [0.25, 0.3) is 0 Å². The van der Waals surface area contributed by atoms with Crippen LogP contribution in [0.1, 0.15) is 70.8 Å². The van der Waals surface area contributed by atoms with Crippen molar-refractivity contribution in [3.8, 4) is 0 Å². The summed E-state index contributed by atoms with van der Waals surface area (Å²) in [6.45, 7) is 7.45. The van der Waals surface area contributed by atoms with Crippen LogP contribution in [-0.4, -0.2) is 35.6 Å². The van der Waals surface area contributed by atoms with Crippen LogP contribution in [-0.2, 0) is 9.53 Å². The van der Waals surface area contributed by atoms with Crippen molar-refractivity contribution in [1.29, 1.82) is 0 Å². The largest absolute Gasteiger partial charge is 0.469 e. The summed E-state index contributed by atoms with van der Waals surface area (Å²) in [4.78, 5) is 23.6. The summed E-state index contributed by atoms with van der Waals surface area (Å²) in [5, 5.41) is 4.06. The first-order valence-corrected chi connectivity index (χ1v) is 12.0. The van der Waals surface area contributed by atoms with Crippen LogP contribution in [0, 0.1) is 5.92 Å². The van der Waals surface area contributed by atoms with Crippen LogP contribution in [0.5, 0.6) is 0 Å². The van der Waals surface area contributed by atoms with Gasteiger partial charge in [-0.05, 0) is 48.4 Å². The number of hydrogen-bond donors (Lipinski definition) is 1. The SMILES string of the molecule is COC(=O)CC(C)c1cnc(N(CC(C)C)C2CCCCC2)c(Nc2ccc(Cl)cn2)c1. The number of aromatic nitrogens is 2. The normalized spacial score (nSPS) is 15.4. The summed E-state index contributed by atoms with van der Waals surface area (Å²) in [7, 11) is 1.42.